The minimum atomic E-state index is -0.856. The van der Waals surface area contributed by atoms with E-state index in [-0.39, 0.29) is 6.04 Å². The number of carboxylic acids is 1. The van der Waals surface area contributed by atoms with E-state index in [0.717, 1.165) is 5.75 Å². The van der Waals surface area contributed by atoms with Gasteiger partial charge in [-0.2, -0.15) is 0 Å². The van der Waals surface area contributed by atoms with Crippen molar-refractivity contribution < 1.29 is 9.90 Å². The summed E-state index contributed by atoms with van der Waals surface area (Å²) in [5.74, 6) is -0.00237. The topological polar surface area (TPSA) is 49.3 Å². The van der Waals surface area contributed by atoms with E-state index in [0.29, 0.717) is 6.42 Å². The van der Waals surface area contributed by atoms with Gasteiger partial charge in [0, 0.05) is 16.7 Å². The molecule has 0 amide bonds. The van der Waals surface area contributed by atoms with Crippen molar-refractivity contribution in [1.29, 1.82) is 0 Å². The summed E-state index contributed by atoms with van der Waals surface area (Å²) in [6.45, 7) is 7.75. The number of carbonyl (C=O) groups is 1. The number of rotatable bonds is 7. The van der Waals surface area contributed by atoms with Crippen molar-refractivity contribution in [2.75, 3.05) is 5.75 Å². The number of hydrogen-bond acceptors (Lipinski definition) is 3. The molecule has 0 aliphatic rings. The molecule has 2 N–H and O–H groups in total. The third-order valence-corrected chi connectivity index (χ3v) is 3.94. The monoisotopic (exact) mass is 281 g/mol. The van der Waals surface area contributed by atoms with Crippen molar-refractivity contribution in [3.63, 3.8) is 0 Å². The van der Waals surface area contributed by atoms with Gasteiger partial charge in [-0.05, 0) is 46.2 Å². The molecule has 0 heterocycles. The first-order valence-electron chi connectivity index (χ1n) is 6.54. The number of nitrogens with one attached hydrogen (secondary N) is 1. The lowest BCUT2D eigenvalue weighted by molar-refractivity contribution is -0.144. The molecule has 1 aromatic carbocycles. The Bertz CT molecular complexity index is 434. The number of carboxylic acid groups (broad SMARTS) is 1. The fourth-order valence-corrected chi connectivity index (χ4v) is 3.15. The minimum absolute atomic E-state index is 0.157. The van der Waals surface area contributed by atoms with Gasteiger partial charge in [0.2, 0.25) is 0 Å². The maximum absolute atomic E-state index is 11.4. The van der Waals surface area contributed by atoms with Gasteiger partial charge in [0.05, 0.1) is 0 Å². The quantitative estimate of drug-likeness (QED) is 0.753. The Kier molecular flexibility index (Phi) is 5.88. The van der Waals surface area contributed by atoms with Crippen LogP contribution in [-0.2, 0) is 4.79 Å². The number of aliphatic carboxylic acids is 1. The Labute approximate surface area is 119 Å². The molecule has 1 aromatic rings. The molecule has 4 heteroatoms. The highest BCUT2D eigenvalue weighted by atomic mass is 32.2. The third kappa shape index (κ3) is 5.25. The first kappa shape index (κ1) is 16.1. The molecule has 0 aliphatic heterocycles. The van der Waals surface area contributed by atoms with E-state index in [2.05, 4.69) is 30.4 Å². The number of aryl methyl sites for hydroxylation is 1. The van der Waals surface area contributed by atoms with Crippen LogP contribution in [0.15, 0.2) is 29.2 Å². The molecule has 1 rings (SSSR count). The molecule has 3 nitrogen and oxygen atoms in total. The highest BCUT2D eigenvalue weighted by Crippen LogP contribution is 2.23. The zero-order valence-corrected chi connectivity index (χ0v) is 12.9. The van der Waals surface area contributed by atoms with Gasteiger partial charge in [0.15, 0.2) is 0 Å². The molecular weight excluding hydrogens is 258 g/mol. The molecule has 106 valence electrons. The molecule has 0 radical (unpaired) electrons. The Morgan fingerprint density at radius 3 is 2.68 bits per heavy atom. The van der Waals surface area contributed by atoms with Crippen LogP contribution in [0.2, 0.25) is 0 Å². The van der Waals surface area contributed by atoms with Crippen LogP contribution in [0.4, 0.5) is 0 Å². The van der Waals surface area contributed by atoms with E-state index in [4.69, 9.17) is 0 Å². The maximum atomic E-state index is 11.4. The van der Waals surface area contributed by atoms with Crippen molar-refractivity contribution in [1.82, 2.24) is 5.32 Å². The average Bonchev–Trinajstić information content (AvgIpc) is 2.27. The summed E-state index contributed by atoms with van der Waals surface area (Å²) in [6, 6.07) is 8.43. The van der Waals surface area contributed by atoms with Crippen molar-refractivity contribution in [2.45, 2.75) is 50.6 Å². The Hall–Kier alpha value is -1.00. The Morgan fingerprint density at radius 2 is 2.16 bits per heavy atom. The minimum Gasteiger partial charge on any atom is -0.480 e. The van der Waals surface area contributed by atoms with Crippen LogP contribution in [0, 0.1) is 6.92 Å². The summed E-state index contributed by atoms with van der Waals surface area (Å²) in [7, 11) is 0. The van der Waals surface area contributed by atoms with Gasteiger partial charge in [-0.1, -0.05) is 17.7 Å². The van der Waals surface area contributed by atoms with E-state index in [1.165, 1.54) is 10.5 Å². The third-order valence-electron chi connectivity index (χ3n) is 2.94. The van der Waals surface area contributed by atoms with Crippen LogP contribution in [0.1, 0.15) is 32.8 Å². The van der Waals surface area contributed by atoms with Crippen LogP contribution in [-0.4, -0.2) is 28.4 Å². The van der Waals surface area contributed by atoms with Crippen molar-refractivity contribution in [3.05, 3.63) is 29.8 Å². The molecule has 0 spiro atoms. The SMILES string of the molecule is Cc1cccc(SCCC(C)(NC(C)C)C(=O)O)c1. The number of hydrogen-bond donors (Lipinski definition) is 2. The second-order valence-corrected chi connectivity index (χ2v) is 6.52. The lowest BCUT2D eigenvalue weighted by Crippen LogP contribution is -2.52. The van der Waals surface area contributed by atoms with Crippen LogP contribution in [0.5, 0.6) is 0 Å². The first-order valence-corrected chi connectivity index (χ1v) is 7.52. The standard InChI is InChI=1S/C15H23NO2S/c1-11(2)16-15(4,14(17)18)8-9-19-13-7-5-6-12(3)10-13/h5-7,10-11,16H,8-9H2,1-4H3,(H,17,18). The van der Waals surface area contributed by atoms with Crippen LogP contribution < -0.4 is 5.32 Å². The fraction of sp³-hybridized carbons (Fsp3) is 0.533. The van der Waals surface area contributed by atoms with Crippen LogP contribution in [0.3, 0.4) is 0 Å². The molecular formula is C15H23NO2S. The lowest BCUT2D eigenvalue weighted by Gasteiger charge is -2.28. The van der Waals surface area contributed by atoms with Crippen molar-refractivity contribution in [2.24, 2.45) is 0 Å². The van der Waals surface area contributed by atoms with E-state index < -0.39 is 11.5 Å². The van der Waals surface area contributed by atoms with Crippen molar-refractivity contribution >= 4 is 17.7 Å². The molecule has 0 aromatic heterocycles. The average molecular weight is 281 g/mol. The Morgan fingerprint density at radius 1 is 1.47 bits per heavy atom. The predicted molar refractivity (Wildman–Crippen MR) is 80.8 cm³/mol. The zero-order valence-electron chi connectivity index (χ0n) is 12.1. The maximum Gasteiger partial charge on any atom is 0.323 e. The lowest BCUT2D eigenvalue weighted by atomic mass is 9.98. The van der Waals surface area contributed by atoms with Crippen molar-refractivity contribution in [3.8, 4) is 0 Å². The van der Waals surface area contributed by atoms with E-state index in [1.807, 2.05) is 19.9 Å². The number of benzene rings is 1. The summed E-state index contributed by atoms with van der Waals surface area (Å²) < 4.78 is 0. The highest BCUT2D eigenvalue weighted by molar-refractivity contribution is 7.99. The van der Waals surface area contributed by atoms with Gasteiger partial charge in [-0.3, -0.25) is 10.1 Å². The highest BCUT2D eigenvalue weighted by Gasteiger charge is 2.32. The van der Waals surface area contributed by atoms with Crippen LogP contribution >= 0.6 is 11.8 Å². The normalized spacial score (nSPS) is 14.4. The summed E-state index contributed by atoms with van der Waals surface area (Å²) in [6.07, 6.45) is 0.596. The van der Waals surface area contributed by atoms with E-state index in [9.17, 15) is 9.90 Å². The zero-order chi connectivity index (χ0) is 14.5. The molecule has 1 atom stereocenters. The summed E-state index contributed by atoms with van der Waals surface area (Å²) in [5.41, 5.74) is 0.372. The molecule has 0 fully saturated rings. The molecule has 0 saturated carbocycles. The van der Waals surface area contributed by atoms with Gasteiger partial charge in [-0.25, -0.2) is 0 Å². The van der Waals surface area contributed by atoms with E-state index >= 15 is 0 Å². The van der Waals surface area contributed by atoms with Gasteiger partial charge in [0.25, 0.3) is 0 Å². The van der Waals surface area contributed by atoms with Crippen LogP contribution in [0.25, 0.3) is 0 Å². The Balaban J connectivity index is 2.56. The van der Waals surface area contributed by atoms with Gasteiger partial charge >= 0.3 is 5.97 Å². The van der Waals surface area contributed by atoms with Gasteiger partial charge < -0.3 is 5.11 Å². The molecule has 0 saturated heterocycles. The smallest absolute Gasteiger partial charge is 0.323 e. The number of thioether (sulfide) groups is 1. The predicted octanol–water partition coefficient (Wildman–Crippen LogP) is 3.32. The molecule has 1 unspecified atom stereocenters. The fourth-order valence-electron chi connectivity index (χ4n) is 1.96. The molecule has 0 bridgehead atoms. The first-order chi connectivity index (χ1) is 8.83. The molecule has 0 aliphatic carbocycles. The second kappa shape index (κ2) is 6.96. The summed E-state index contributed by atoms with van der Waals surface area (Å²) in [4.78, 5) is 12.6. The summed E-state index contributed by atoms with van der Waals surface area (Å²) in [5, 5.41) is 12.5. The molecule has 19 heavy (non-hydrogen) atoms. The van der Waals surface area contributed by atoms with Gasteiger partial charge in [-0.15, -0.1) is 11.8 Å². The second-order valence-electron chi connectivity index (χ2n) is 5.35. The largest absolute Gasteiger partial charge is 0.480 e. The van der Waals surface area contributed by atoms with E-state index in [1.54, 1.807) is 18.7 Å². The van der Waals surface area contributed by atoms with Gasteiger partial charge in [0.1, 0.15) is 5.54 Å². The summed E-state index contributed by atoms with van der Waals surface area (Å²) >= 11 is 1.70.